The molecular formula is C26H24O9S. The Balaban J connectivity index is 1.64. The van der Waals surface area contributed by atoms with Gasteiger partial charge in [0.05, 0.1) is 22.6 Å². The summed E-state index contributed by atoms with van der Waals surface area (Å²) in [5.74, 6) is -1.62. The zero-order valence-corrected chi connectivity index (χ0v) is 20.0. The Bertz CT molecular complexity index is 1290. The number of esters is 2. The Morgan fingerprint density at radius 3 is 1.89 bits per heavy atom. The van der Waals surface area contributed by atoms with Gasteiger partial charge in [-0.15, -0.1) is 0 Å². The van der Waals surface area contributed by atoms with Crippen molar-refractivity contribution in [3.63, 3.8) is 0 Å². The van der Waals surface area contributed by atoms with Crippen LogP contribution in [0.3, 0.4) is 0 Å². The average molecular weight is 513 g/mol. The van der Waals surface area contributed by atoms with Crippen molar-refractivity contribution in [2.24, 2.45) is 0 Å². The summed E-state index contributed by atoms with van der Waals surface area (Å²) in [5, 5.41) is 10.5. The molecule has 9 nitrogen and oxygen atoms in total. The lowest BCUT2D eigenvalue weighted by Gasteiger charge is -2.38. The van der Waals surface area contributed by atoms with Crippen LogP contribution in [0, 0.1) is 6.92 Å². The summed E-state index contributed by atoms with van der Waals surface area (Å²) in [6, 6.07) is 21.8. The molecule has 3 aromatic carbocycles. The molecule has 1 N–H and O–H groups in total. The lowest BCUT2D eigenvalue weighted by molar-refractivity contribution is -0.245. The quantitative estimate of drug-likeness (QED) is 0.376. The maximum atomic E-state index is 13.1. The minimum atomic E-state index is -4.42. The normalized spacial score (nSPS) is 21.9. The number of hydrogen-bond donors (Lipinski definition) is 1. The Labute approximate surface area is 208 Å². The molecule has 1 heterocycles. The molecule has 0 aliphatic carbocycles. The monoisotopic (exact) mass is 512 g/mol. The lowest BCUT2D eigenvalue weighted by Crippen LogP contribution is -2.57. The van der Waals surface area contributed by atoms with Crippen LogP contribution in [0.5, 0.6) is 0 Å². The summed E-state index contributed by atoms with van der Waals surface area (Å²) < 4.78 is 47.8. The van der Waals surface area contributed by atoms with E-state index in [0.29, 0.717) is 0 Å². The van der Waals surface area contributed by atoms with Gasteiger partial charge in [-0.3, -0.25) is 4.18 Å². The number of benzene rings is 3. The summed E-state index contributed by atoms with van der Waals surface area (Å²) in [6.45, 7) is 1.40. The first-order chi connectivity index (χ1) is 17.2. The molecule has 0 saturated carbocycles. The zero-order valence-electron chi connectivity index (χ0n) is 19.2. The molecule has 0 unspecified atom stereocenters. The van der Waals surface area contributed by atoms with Gasteiger partial charge in [0.2, 0.25) is 0 Å². The molecular weight excluding hydrogens is 488 g/mol. The summed E-state index contributed by atoms with van der Waals surface area (Å²) in [6.07, 6.45) is -6.28. The minimum absolute atomic E-state index is 0.157. The molecule has 1 fully saturated rings. The van der Waals surface area contributed by atoms with Gasteiger partial charge in [0.25, 0.3) is 10.1 Å². The van der Waals surface area contributed by atoms with Gasteiger partial charge in [-0.25, -0.2) is 9.59 Å². The van der Waals surface area contributed by atoms with E-state index in [-0.39, 0.29) is 16.0 Å². The van der Waals surface area contributed by atoms with Crippen molar-refractivity contribution in [1.29, 1.82) is 0 Å². The maximum Gasteiger partial charge on any atom is 0.338 e. The van der Waals surface area contributed by atoms with E-state index >= 15 is 0 Å². The van der Waals surface area contributed by atoms with E-state index < -0.39 is 53.3 Å². The van der Waals surface area contributed by atoms with E-state index in [9.17, 15) is 23.1 Å². The number of aliphatic hydroxyl groups is 1. The molecule has 0 bridgehead atoms. The van der Waals surface area contributed by atoms with E-state index in [2.05, 4.69) is 0 Å². The summed E-state index contributed by atoms with van der Waals surface area (Å²) in [7, 11) is -4.42. The van der Waals surface area contributed by atoms with Gasteiger partial charge in [0.1, 0.15) is 0 Å². The summed E-state index contributed by atoms with van der Waals surface area (Å²) in [4.78, 5) is 25.3. The molecule has 1 saturated heterocycles. The van der Waals surface area contributed by atoms with E-state index in [1.54, 1.807) is 55.5 Å². The van der Waals surface area contributed by atoms with Crippen LogP contribution in [-0.4, -0.2) is 56.7 Å². The van der Waals surface area contributed by atoms with E-state index in [0.717, 1.165) is 5.56 Å². The predicted molar refractivity (Wildman–Crippen MR) is 126 cm³/mol. The highest BCUT2D eigenvalue weighted by atomic mass is 32.2. The lowest BCUT2D eigenvalue weighted by atomic mass is 10.0. The predicted octanol–water partition coefficient (Wildman–Crippen LogP) is 2.87. The number of carbonyl (C=O) groups is 2. The van der Waals surface area contributed by atoms with Crippen molar-refractivity contribution >= 4 is 22.1 Å². The summed E-state index contributed by atoms with van der Waals surface area (Å²) in [5.41, 5.74) is 1.20. The molecule has 0 spiro atoms. The van der Waals surface area contributed by atoms with Gasteiger partial charge in [-0.1, -0.05) is 54.1 Å². The molecule has 0 amide bonds. The molecule has 0 aromatic heterocycles. The number of hydrogen-bond acceptors (Lipinski definition) is 9. The van der Waals surface area contributed by atoms with Crippen molar-refractivity contribution in [1.82, 2.24) is 0 Å². The fourth-order valence-corrected chi connectivity index (χ4v) is 4.66. The van der Waals surface area contributed by atoms with Crippen LogP contribution in [0.1, 0.15) is 26.3 Å². The fraction of sp³-hybridized carbons (Fsp3) is 0.231. The number of aliphatic hydroxyl groups excluding tert-OH is 1. The third-order valence-corrected chi connectivity index (χ3v) is 6.80. The SMILES string of the molecule is Cc1ccc(S(=O)(=O)O[C@@H]2[C@@H](OC(=O)c3ccccc3)[C@@H](O)OC[C@H]2OC(=O)c2ccccc2)cc1. The third kappa shape index (κ3) is 5.97. The van der Waals surface area contributed by atoms with Crippen LogP contribution in [0.2, 0.25) is 0 Å². The van der Waals surface area contributed by atoms with E-state index in [1.165, 1.54) is 36.4 Å². The second kappa shape index (κ2) is 11.0. The first-order valence-corrected chi connectivity index (χ1v) is 12.5. The van der Waals surface area contributed by atoms with E-state index in [4.69, 9.17) is 18.4 Å². The van der Waals surface area contributed by atoms with Crippen LogP contribution in [-0.2, 0) is 28.5 Å². The largest absolute Gasteiger partial charge is 0.453 e. The first-order valence-electron chi connectivity index (χ1n) is 11.1. The molecule has 1 aliphatic rings. The Morgan fingerprint density at radius 2 is 1.33 bits per heavy atom. The second-order valence-electron chi connectivity index (χ2n) is 8.10. The molecule has 4 atom stereocenters. The van der Waals surface area contributed by atoms with Gasteiger partial charge in [-0.05, 0) is 43.3 Å². The first kappa shape index (κ1) is 25.5. The average Bonchev–Trinajstić information content (AvgIpc) is 2.88. The number of carbonyl (C=O) groups excluding carboxylic acids is 2. The Hall–Kier alpha value is -3.57. The Kier molecular flexibility index (Phi) is 7.80. The molecule has 1 aliphatic heterocycles. The molecule has 188 valence electrons. The van der Waals surface area contributed by atoms with Crippen LogP contribution >= 0.6 is 0 Å². The molecule has 10 heteroatoms. The van der Waals surface area contributed by atoms with Crippen molar-refractivity contribution in [2.45, 2.75) is 36.4 Å². The Morgan fingerprint density at radius 1 is 0.806 bits per heavy atom. The standard InChI is InChI=1S/C26H24O9S/c1-17-12-14-20(15-13-17)36(30,31)35-22-21(33-24(27)18-8-4-2-5-9-18)16-32-26(29)23(22)34-25(28)19-10-6-3-7-11-19/h2-15,21-23,26,29H,16H2,1H3/t21-,22+,23-,26+/m1/s1. The number of aryl methyl sites for hydroxylation is 1. The highest BCUT2D eigenvalue weighted by molar-refractivity contribution is 7.86. The van der Waals surface area contributed by atoms with Crippen molar-refractivity contribution < 1.29 is 41.5 Å². The smallest absolute Gasteiger partial charge is 0.338 e. The summed E-state index contributed by atoms with van der Waals surface area (Å²) >= 11 is 0. The molecule has 0 radical (unpaired) electrons. The minimum Gasteiger partial charge on any atom is -0.453 e. The molecule has 36 heavy (non-hydrogen) atoms. The zero-order chi connectivity index (χ0) is 25.7. The maximum absolute atomic E-state index is 13.1. The number of rotatable bonds is 7. The topological polar surface area (TPSA) is 125 Å². The number of ether oxygens (including phenoxy) is 3. The van der Waals surface area contributed by atoms with Crippen LogP contribution in [0.15, 0.2) is 89.8 Å². The fourth-order valence-electron chi connectivity index (χ4n) is 3.55. The highest BCUT2D eigenvalue weighted by Crippen LogP contribution is 2.28. The second-order valence-corrected chi connectivity index (χ2v) is 9.67. The van der Waals surface area contributed by atoms with E-state index in [1.807, 2.05) is 0 Å². The highest BCUT2D eigenvalue weighted by Gasteiger charge is 2.48. The van der Waals surface area contributed by atoms with Crippen LogP contribution in [0.25, 0.3) is 0 Å². The van der Waals surface area contributed by atoms with Crippen molar-refractivity contribution in [3.8, 4) is 0 Å². The van der Waals surface area contributed by atoms with Gasteiger partial charge < -0.3 is 19.3 Å². The van der Waals surface area contributed by atoms with Gasteiger partial charge in [0.15, 0.2) is 24.6 Å². The van der Waals surface area contributed by atoms with Gasteiger partial charge >= 0.3 is 11.9 Å². The molecule has 4 rings (SSSR count). The third-order valence-electron chi connectivity index (χ3n) is 5.47. The molecule has 3 aromatic rings. The van der Waals surface area contributed by atoms with Gasteiger partial charge in [0, 0.05) is 0 Å². The van der Waals surface area contributed by atoms with Crippen molar-refractivity contribution in [3.05, 3.63) is 102 Å². The van der Waals surface area contributed by atoms with Crippen molar-refractivity contribution in [2.75, 3.05) is 6.61 Å². The van der Waals surface area contributed by atoms with Gasteiger partial charge in [-0.2, -0.15) is 8.42 Å². The van der Waals surface area contributed by atoms with Crippen LogP contribution < -0.4 is 0 Å². The van der Waals surface area contributed by atoms with Crippen LogP contribution in [0.4, 0.5) is 0 Å².